The quantitative estimate of drug-likeness (QED) is 0.823. The standard InChI is InChI=1S/C15H11F6NO/c16-14(17,18)12-3-1-2-9(6-12)10-4-5-11(8-22)13(7-10)23-15(19,20)21/h1-7H,8,22H2. The summed E-state index contributed by atoms with van der Waals surface area (Å²) in [4.78, 5) is 0. The molecule has 0 aliphatic carbocycles. The number of hydrogen-bond donors (Lipinski definition) is 1. The zero-order chi connectivity index (χ0) is 17.3. The Kier molecular flexibility index (Phi) is 4.56. The van der Waals surface area contributed by atoms with Crippen molar-refractivity contribution in [2.45, 2.75) is 19.1 Å². The molecule has 23 heavy (non-hydrogen) atoms. The fourth-order valence-corrected chi connectivity index (χ4v) is 2.00. The van der Waals surface area contributed by atoms with Gasteiger partial charge in [-0.1, -0.05) is 24.3 Å². The summed E-state index contributed by atoms with van der Waals surface area (Å²) in [6.45, 7) is -0.200. The van der Waals surface area contributed by atoms with Gasteiger partial charge in [0, 0.05) is 12.1 Å². The highest BCUT2D eigenvalue weighted by atomic mass is 19.4. The highest BCUT2D eigenvalue weighted by molar-refractivity contribution is 5.67. The van der Waals surface area contributed by atoms with Crippen LogP contribution in [0.3, 0.4) is 0 Å². The highest BCUT2D eigenvalue weighted by Gasteiger charge is 2.32. The SMILES string of the molecule is NCc1ccc(-c2cccc(C(F)(F)F)c2)cc1OC(F)(F)F. The predicted octanol–water partition coefficient (Wildman–Crippen LogP) is 4.73. The maximum Gasteiger partial charge on any atom is 0.573 e. The Morgan fingerprint density at radius 1 is 0.870 bits per heavy atom. The van der Waals surface area contributed by atoms with E-state index in [-0.39, 0.29) is 23.2 Å². The van der Waals surface area contributed by atoms with Gasteiger partial charge in [0.2, 0.25) is 0 Å². The summed E-state index contributed by atoms with van der Waals surface area (Å²) in [7, 11) is 0. The first-order valence-electron chi connectivity index (χ1n) is 6.36. The van der Waals surface area contributed by atoms with Gasteiger partial charge in [0.05, 0.1) is 5.56 Å². The van der Waals surface area contributed by atoms with Crippen molar-refractivity contribution >= 4 is 0 Å². The van der Waals surface area contributed by atoms with Crippen LogP contribution in [-0.4, -0.2) is 6.36 Å². The predicted molar refractivity (Wildman–Crippen MR) is 71.5 cm³/mol. The number of rotatable bonds is 3. The molecule has 2 rings (SSSR count). The largest absolute Gasteiger partial charge is 0.573 e. The molecule has 0 bridgehead atoms. The van der Waals surface area contributed by atoms with Crippen LogP contribution >= 0.6 is 0 Å². The number of hydrogen-bond acceptors (Lipinski definition) is 2. The third-order valence-corrected chi connectivity index (χ3v) is 3.04. The minimum absolute atomic E-state index is 0.0954. The summed E-state index contributed by atoms with van der Waals surface area (Å²) in [6.07, 6.45) is -9.46. The molecule has 0 aliphatic heterocycles. The molecule has 0 atom stereocenters. The Labute approximate surface area is 127 Å². The molecule has 0 radical (unpaired) electrons. The summed E-state index contributed by atoms with van der Waals surface area (Å²) in [5, 5.41) is 0. The number of benzene rings is 2. The average molecular weight is 335 g/mol. The normalized spacial score (nSPS) is 12.3. The first-order valence-corrected chi connectivity index (χ1v) is 6.36. The van der Waals surface area contributed by atoms with Gasteiger partial charge in [-0.05, 0) is 29.3 Å². The molecule has 2 nitrogen and oxygen atoms in total. The van der Waals surface area contributed by atoms with Crippen molar-refractivity contribution in [3.8, 4) is 16.9 Å². The van der Waals surface area contributed by atoms with E-state index in [0.717, 1.165) is 18.2 Å². The minimum atomic E-state index is -4.92. The van der Waals surface area contributed by atoms with Crippen LogP contribution in [0.2, 0.25) is 0 Å². The van der Waals surface area contributed by atoms with E-state index in [2.05, 4.69) is 4.74 Å². The molecule has 0 spiro atoms. The third-order valence-electron chi connectivity index (χ3n) is 3.04. The van der Waals surface area contributed by atoms with Gasteiger partial charge in [-0.2, -0.15) is 13.2 Å². The Hall–Kier alpha value is -2.22. The van der Waals surface area contributed by atoms with Gasteiger partial charge in [-0.3, -0.25) is 0 Å². The van der Waals surface area contributed by atoms with Crippen LogP contribution in [0.25, 0.3) is 11.1 Å². The number of alkyl halides is 6. The van der Waals surface area contributed by atoms with Gasteiger partial charge in [-0.25, -0.2) is 0 Å². The Morgan fingerprint density at radius 2 is 1.52 bits per heavy atom. The molecule has 0 aliphatic rings. The molecule has 0 saturated carbocycles. The molecule has 0 fully saturated rings. The average Bonchev–Trinajstić information content (AvgIpc) is 2.45. The lowest BCUT2D eigenvalue weighted by atomic mass is 10.0. The lowest BCUT2D eigenvalue weighted by molar-refractivity contribution is -0.274. The van der Waals surface area contributed by atoms with Crippen molar-refractivity contribution in [1.82, 2.24) is 0 Å². The molecule has 2 N–H and O–H groups in total. The molecule has 2 aromatic rings. The van der Waals surface area contributed by atoms with Crippen LogP contribution in [0.5, 0.6) is 5.75 Å². The van der Waals surface area contributed by atoms with Gasteiger partial charge in [-0.15, -0.1) is 13.2 Å². The summed E-state index contributed by atoms with van der Waals surface area (Å²) in [6, 6.07) is 7.98. The zero-order valence-corrected chi connectivity index (χ0v) is 11.5. The highest BCUT2D eigenvalue weighted by Crippen LogP contribution is 2.35. The van der Waals surface area contributed by atoms with Crippen molar-refractivity contribution in [1.29, 1.82) is 0 Å². The van der Waals surface area contributed by atoms with E-state index in [4.69, 9.17) is 5.73 Å². The summed E-state index contributed by atoms with van der Waals surface area (Å²) in [5.74, 6) is -0.532. The maximum atomic E-state index is 12.7. The van der Waals surface area contributed by atoms with Gasteiger partial charge in [0.25, 0.3) is 0 Å². The Balaban J connectivity index is 2.46. The van der Waals surface area contributed by atoms with E-state index in [1.807, 2.05) is 0 Å². The molecule has 8 heteroatoms. The van der Waals surface area contributed by atoms with E-state index >= 15 is 0 Å². The molecule has 0 amide bonds. The van der Waals surface area contributed by atoms with Crippen LogP contribution in [0.15, 0.2) is 42.5 Å². The maximum absolute atomic E-state index is 12.7. The van der Waals surface area contributed by atoms with Gasteiger partial charge in [0.1, 0.15) is 5.75 Å². The fraction of sp³-hybridized carbons (Fsp3) is 0.200. The second-order valence-electron chi connectivity index (χ2n) is 4.65. The van der Waals surface area contributed by atoms with Gasteiger partial charge >= 0.3 is 12.5 Å². The van der Waals surface area contributed by atoms with E-state index in [0.29, 0.717) is 0 Å². The number of nitrogens with two attached hydrogens (primary N) is 1. The molecule has 0 unspecified atom stereocenters. The van der Waals surface area contributed by atoms with Crippen LogP contribution in [0, 0.1) is 0 Å². The topological polar surface area (TPSA) is 35.2 Å². The monoisotopic (exact) mass is 335 g/mol. The number of ether oxygens (including phenoxy) is 1. The summed E-state index contributed by atoms with van der Waals surface area (Å²) in [5.41, 5.74) is 4.83. The fourth-order valence-electron chi connectivity index (χ4n) is 2.00. The van der Waals surface area contributed by atoms with E-state index in [9.17, 15) is 26.3 Å². The second-order valence-corrected chi connectivity index (χ2v) is 4.65. The Bertz CT molecular complexity index is 693. The van der Waals surface area contributed by atoms with Crippen molar-refractivity contribution < 1.29 is 31.1 Å². The van der Waals surface area contributed by atoms with Gasteiger partial charge in [0.15, 0.2) is 0 Å². The lowest BCUT2D eigenvalue weighted by Crippen LogP contribution is -2.18. The minimum Gasteiger partial charge on any atom is -0.405 e. The molecule has 2 aromatic carbocycles. The summed E-state index contributed by atoms with van der Waals surface area (Å²) < 4.78 is 79.2. The van der Waals surface area contributed by atoms with Crippen LogP contribution in [0.1, 0.15) is 11.1 Å². The molecular weight excluding hydrogens is 324 g/mol. The molecule has 124 valence electrons. The van der Waals surface area contributed by atoms with Crippen molar-refractivity contribution in [2.75, 3.05) is 0 Å². The first-order chi connectivity index (χ1) is 10.6. The van der Waals surface area contributed by atoms with Crippen molar-refractivity contribution in [2.24, 2.45) is 5.73 Å². The number of halogens is 6. The van der Waals surface area contributed by atoms with Crippen molar-refractivity contribution in [3.63, 3.8) is 0 Å². The van der Waals surface area contributed by atoms with Crippen LogP contribution < -0.4 is 10.5 Å². The Morgan fingerprint density at radius 3 is 2.09 bits per heavy atom. The third kappa shape index (κ3) is 4.38. The van der Waals surface area contributed by atoms with E-state index in [1.54, 1.807) is 0 Å². The molecule has 0 aromatic heterocycles. The molecular formula is C15H11F6NO. The van der Waals surface area contributed by atoms with E-state index in [1.165, 1.54) is 24.3 Å². The summed E-state index contributed by atoms with van der Waals surface area (Å²) >= 11 is 0. The zero-order valence-electron chi connectivity index (χ0n) is 11.5. The molecule has 0 saturated heterocycles. The molecule has 0 heterocycles. The lowest BCUT2D eigenvalue weighted by Gasteiger charge is -2.14. The van der Waals surface area contributed by atoms with Crippen molar-refractivity contribution in [3.05, 3.63) is 53.6 Å². The van der Waals surface area contributed by atoms with E-state index < -0.39 is 23.9 Å². The smallest absolute Gasteiger partial charge is 0.405 e. The van der Waals surface area contributed by atoms with Gasteiger partial charge < -0.3 is 10.5 Å². The second kappa shape index (κ2) is 6.11. The van der Waals surface area contributed by atoms with Crippen LogP contribution in [0.4, 0.5) is 26.3 Å². The van der Waals surface area contributed by atoms with Crippen LogP contribution in [-0.2, 0) is 12.7 Å². The first kappa shape index (κ1) is 17.1.